The number of carbonyl (C=O) groups is 1. The van der Waals surface area contributed by atoms with E-state index in [2.05, 4.69) is 68.5 Å². The first-order valence-corrected chi connectivity index (χ1v) is 11.8. The highest BCUT2D eigenvalue weighted by atomic mass is 32.2. The zero-order valence-electron chi connectivity index (χ0n) is 16.3. The van der Waals surface area contributed by atoms with E-state index in [-0.39, 0.29) is 5.91 Å². The molecule has 31 heavy (non-hydrogen) atoms. The molecule has 0 aliphatic carbocycles. The molecular formula is C22H17N5OS3. The monoisotopic (exact) mass is 463 g/mol. The summed E-state index contributed by atoms with van der Waals surface area (Å²) in [4.78, 5) is 16.2. The summed E-state index contributed by atoms with van der Waals surface area (Å²) in [6.07, 6.45) is 3.31. The summed E-state index contributed by atoms with van der Waals surface area (Å²) in [6.45, 7) is 0.545. The van der Waals surface area contributed by atoms with Crippen LogP contribution in [0.5, 0.6) is 0 Å². The van der Waals surface area contributed by atoms with Crippen LogP contribution in [0.1, 0.15) is 17.1 Å². The average Bonchev–Trinajstić information content (AvgIpc) is 3.52. The molecule has 5 rings (SSSR count). The Morgan fingerprint density at radius 3 is 2.81 bits per heavy atom. The molecule has 1 aliphatic heterocycles. The van der Waals surface area contributed by atoms with Gasteiger partial charge in [0.2, 0.25) is 0 Å². The Morgan fingerprint density at radius 1 is 1.10 bits per heavy atom. The highest BCUT2D eigenvalue weighted by molar-refractivity contribution is 8.26. The number of hydrogen-bond donors (Lipinski definition) is 1. The SMILES string of the molecule is O=C1C(=Cc2cc(-c3ccc4ccccc4c3)cs2)SC(=S)N1CCCc1nn[nH]n1. The molecule has 3 heterocycles. The lowest BCUT2D eigenvalue weighted by Crippen LogP contribution is -2.29. The molecule has 0 spiro atoms. The van der Waals surface area contributed by atoms with Crippen LogP contribution in [0.25, 0.3) is 28.0 Å². The number of aromatic nitrogens is 4. The van der Waals surface area contributed by atoms with Crippen LogP contribution in [-0.2, 0) is 11.2 Å². The Labute approximate surface area is 192 Å². The first-order chi connectivity index (χ1) is 15.2. The van der Waals surface area contributed by atoms with Crippen molar-refractivity contribution in [2.45, 2.75) is 12.8 Å². The Morgan fingerprint density at radius 2 is 1.97 bits per heavy atom. The van der Waals surface area contributed by atoms with Gasteiger partial charge in [-0.3, -0.25) is 9.69 Å². The topological polar surface area (TPSA) is 74.8 Å². The second-order valence-electron chi connectivity index (χ2n) is 7.06. The number of benzene rings is 2. The first kappa shape index (κ1) is 20.0. The van der Waals surface area contributed by atoms with Gasteiger partial charge >= 0.3 is 0 Å². The maximum atomic E-state index is 12.8. The van der Waals surface area contributed by atoms with Gasteiger partial charge in [0.1, 0.15) is 4.32 Å². The molecular weight excluding hydrogens is 446 g/mol. The highest BCUT2D eigenvalue weighted by Gasteiger charge is 2.31. The maximum Gasteiger partial charge on any atom is 0.266 e. The molecule has 2 aromatic carbocycles. The van der Waals surface area contributed by atoms with Crippen molar-refractivity contribution in [2.24, 2.45) is 0 Å². The molecule has 1 N–H and O–H groups in total. The van der Waals surface area contributed by atoms with E-state index in [4.69, 9.17) is 12.2 Å². The number of tetrazole rings is 1. The molecule has 0 bridgehead atoms. The van der Waals surface area contributed by atoms with E-state index in [0.29, 0.717) is 28.0 Å². The van der Waals surface area contributed by atoms with Crippen LogP contribution in [0.15, 0.2) is 58.8 Å². The summed E-state index contributed by atoms with van der Waals surface area (Å²) in [6, 6.07) is 16.9. The van der Waals surface area contributed by atoms with Gasteiger partial charge in [0, 0.05) is 17.8 Å². The number of thioether (sulfide) groups is 1. The molecule has 0 radical (unpaired) electrons. The average molecular weight is 464 g/mol. The zero-order chi connectivity index (χ0) is 21.2. The van der Waals surface area contributed by atoms with Gasteiger partial charge in [0.25, 0.3) is 5.91 Å². The number of hydrogen-bond acceptors (Lipinski definition) is 7. The number of aryl methyl sites for hydroxylation is 1. The van der Waals surface area contributed by atoms with Crippen molar-refractivity contribution in [1.82, 2.24) is 25.5 Å². The molecule has 9 heteroatoms. The molecule has 0 unspecified atom stereocenters. The van der Waals surface area contributed by atoms with Crippen molar-refractivity contribution < 1.29 is 4.79 Å². The second-order valence-corrected chi connectivity index (χ2v) is 9.68. The van der Waals surface area contributed by atoms with Crippen molar-refractivity contribution >= 4 is 62.4 Å². The summed E-state index contributed by atoms with van der Waals surface area (Å²) >= 11 is 8.42. The van der Waals surface area contributed by atoms with E-state index in [0.717, 1.165) is 16.9 Å². The second kappa shape index (κ2) is 8.70. The predicted molar refractivity (Wildman–Crippen MR) is 130 cm³/mol. The maximum absolute atomic E-state index is 12.8. The zero-order valence-corrected chi connectivity index (χ0v) is 18.8. The molecule has 0 saturated carbocycles. The van der Waals surface area contributed by atoms with Crippen molar-refractivity contribution in [3.63, 3.8) is 0 Å². The van der Waals surface area contributed by atoms with Crippen LogP contribution in [-0.4, -0.2) is 42.3 Å². The first-order valence-electron chi connectivity index (χ1n) is 9.73. The van der Waals surface area contributed by atoms with Gasteiger partial charge in [0.15, 0.2) is 5.82 Å². The predicted octanol–water partition coefficient (Wildman–Crippen LogP) is 4.92. The molecule has 1 saturated heterocycles. The molecule has 1 aliphatic rings. The molecule has 4 aromatic rings. The quantitative estimate of drug-likeness (QED) is 0.323. The number of fused-ring (bicyclic) bond motifs is 1. The smallest absolute Gasteiger partial charge is 0.266 e. The Kier molecular flexibility index (Phi) is 5.63. The third-order valence-corrected chi connectivity index (χ3v) is 7.28. The van der Waals surface area contributed by atoms with Gasteiger partial charge in [-0.1, -0.05) is 65.6 Å². The van der Waals surface area contributed by atoms with E-state index >= 15 is 0 Å². The van der Waals surface area contributed by atoms with E-state index in [1.165, 1.54) is 28.1 Å². The van der Waals surface area contributed by atoms with Crippen LogP contribution in [0.4, 0.5) is 0 Å². The van der Waals surface area contributed by atoms with E-state index in [1.807, 2.05) is 12.1 Å². The number of H-pyrrole nitrogens is 1. The van der Waals surface area contributed by atoms with Crippen molar-refractivity contribution in [1.29, 1.82) is 0 Å². The molecule has 1 fully saturated rings. The van der Waals surface area contributed by atoms with Gasteiger partial charge < -0.3 is 0 Å². The number of amides is 1. The minimum Gasteiger partial charge on any atom is -0.293 e. The lowest BCUT2D eigenvalue weighted by Gasteiger charge is -2.13. The third-order valence-electron chi connectivity index (χ3n) is 5.02. The Hall–Kier alpha value is -2.88. The van der Waals surface area contributed by atoms with E-state index in [9.17, 15) is 4.79 Å². The van der Waals surface area contributed by atoms with Crippen LogP contribution in [0.3, 0.4) is 0 Å². The number of nitrogens with zero attached hydrogens (tertiary/aromatic N) is 4. The summed E-state index contributed by atoms with van der Waals surface area (Å²) in [7, 11) is 0. The number of thiocarbonyl (C=S) groups is 1. The van der Waals surface area contributed by atoms with Gasteiger partial charge in [-0.15, -0.1) is 21.5 Å². The molecule has 2 aromatic heterocycles. The van der Waals surface area contributed by atoms with Crippen LogP contribution < -0.4 is 0 Å². The lowest BCUT2D eigenvalue weighted by atomic mass is 10.0. The van der Waals surface area contributed by atoms with Gasteiger partial charge in [0.05, 0.1) is 4.91 Å². The van der Waals surface area contributed by atoms with Crippen LogP contribution >= 0.6 is 35.3 Å². The summed E-state index contributed by atoms with van der Waals surface area (Å²) in [5, 5.41) is 18.4. The number of nitrogens with one attached hydrogen (secondary N) is 1. The van der Waals surface area contributed by atoms with Crippen LogP contribution in [0, 0.1) is 0 Å². The van der Waals surface area contributed by atoms with Gasteiger partial charge in [-0.2, -0.15) is 5.21 Å². The van der Waals surface area contributed by atoms with E-state index in [1.54, 1.807) is 16.2 Å². The lowest BCUT2D eigenvalue weighted by molar-refractivity contribution is -0.122. The normalized spacial score (nSPS) is 15.5. The Bertz CT molecular complexity index is 1300. The molecule has 1 amide bonds. The fourth-order valence-electron chi connectivity index (χ4n) is 3.45. The summed E-state index contributed by atoms with van der Waals surface area (Å²) < 4.78 is 0.593. The molecule has 154 valence electrons. The van der Waals surface area contributed by atoms with Crippen molar-refractivity contribution in [3.8, 4) is 11.1 Å². The third kappa shape index (κ3) is 4.30. The summed E-state index contributed by atoms with van der Waals surface area (Å²) in [5.74, 6) is 0.601. The minimum atomic E-state index is -0.0382. The highest BCUT2D eigenvalue weighted by Crippen LogP contribution is 2.35. The number of aromatic amines is 1. The van der Waals surface area contributed by atoms with E-state index < -0.39 is 0 Å². The number of rotatable bonds is 6. The minimum absolute atomic E-state index is 0.0382. The number of thiophene rings is 1. The summed E-state index contributed by atoms with van der Waals surface area (Å²) in [5.41, 5.74) is 2.32. The fourth-order valence-corrected chi connectivity index (χ4v) is 5.68. The number of carbonyl (C=O) groups excluding carboxylic acids is 1. The van der Waals surface area contributed by atoms with Gasteiger partial charge in [-0.25, -0.2) is 0 Å². The largest absolute Gasteiger partial charge is 0.293 e. The van der Waals surface area contributed by atoms with Crippen molar-refractivity contribution in [2.75, 3.05) is 6.54 Å². The fraction of sp³-hybridized carbons (Fsp3) is 0.136. The van der Waals surface area contributed by atoms with Crippen molar-refractivity contribution in [3.05, 3.63) is 69.5 Å². The Balaban J connectivity index is 1.29. The molecule has 6 nitrogen and oxygen atoms in total. The molecule has 0 atom stereocenters. The standard InChI is InChI=1S/C22H17N5OS3/c28-21-19(31-22(29)27(21)9-3-6-20-23-25-26-24-20)12-18-11-17(13-30-18)16-8-7-14-4-1-2-5-15(14)10-16/h1-2,4-5,7-8,10-13H,3,6,9H2,(H,23,24,25,26). The van der Waals surface area contributed by atoms with Gasteiger partial charge in [-0.05, 0) is 51.9 Å². The van der Waals surface area contributed by atoms with Crippen LogP contribution in [0.2, 0.25) is 0 Å².